The average Bonchev–Trinajstić information content (AvgIpc) is 2.15. The van der Waals surface area contributed by atoms with Gasteiger partial charge in [-0.3, -0.25) is 4.79 Å². The molecule has 0 amide bonds. The van der Waals surface area contributed by atoms with E-state index in [0.717, 1.165) is 6.26 Å². The van der Waals surface area contributed by atoms with Gasteiger partial charge in [0.15, 0.2) is 9.84 Å². The van der Waals surface area contributed by atoms with Crippen LogP contribution in [0.25, 0.3) is 0 Å². The Morgan fingerprint density at radius 2 is 1.88 bits per heavy atom. The molecule has 0 aromatic heterocycles. The number of hydrogen-bond donors (Lipinski definition) is 1. The number of sulfone groups is 1. The van der Waals surface area contributed by atoms with Gasteiger partial charge < -0.3 is 5.11 Å². The first-order chi connectivity index (χ1) is 7.56. The third kappa shape index (κ3) is 2.87. The number of hydrogen-bond acceptors (Lipinski definition) is 3. The van der Waals surface area contributed by atoms with Crippen molar-refractivity contribution in [3.05, 3.63) is 28.2 Å². The van der Waals surface area contributed by atoms with Gasteiger partial charge >= 0.3 is 5.97 Å². The number of benzene rings is 1. The van der Waals surface area contributed by atoms with Crippen molar-refractivity contribution in [3.63, 3.8) is 0 Å². The lowest BCUT2D eigenvalue weighted by atomic mass is 9.85. The molecule has 0 aliphatic carbocycles. The first-order valence-corrected chi connectivity index (χ1v) is 7.48. The molecule has 0 aliphatic rings. The maximum absolute atomic E-state index is 11.7. The van der Waals surface area contributed by atoms with Crippen LogP contribution < -0.4 is 0 Å². The zero-order valence-electron chi connectivity index (χ0n) is 9.69. The molecule has 0 unspecified atom stereocenters. The van der Waals surface area contributed by atoms with E-state index in [4.69, 9.17) is 5.11 Å². The van der Waals surface area contributed by atoms with Crippen LogP contribution in [0.5, 0.6) is 0 Å². The minimum absolute atomic E-state index is 0.0410. The van der Waals surface area contributed by atoms with E-state index >= 15 is 0 Å². The number of halogens is 1. The van der Waals surface area contributed by atoms with Crippen molar-refractivity contribution in [2.24, 2.45) is 0 Å². The fraction of sp³-hybridized carbons (Fsp3) is 0.364. The molecule has 94 valence electrons. The Bertz CT molecular complexity index is 561. The molecule has 0 saturated carbocycles. The predicted octanol–water partition coefficient (Wildman–Crippen LogP) is 2.21. The Balaban J connectivity index is 3.61. The smallest absolute Gasteiger partial charge is 0.313 e. The van der Waals surface area contributed by atoms with E-state index in [-0.39, 0.29) is 10.5 Å². The van der Waals surface area contributed by atoms with Crippen molar-refractivity contribution in [2.75, 3.05) is 6.26 Å². The topological polar surface area (TPSA) is 71.4 Å². The molecule has 0 radical (unpaired) electrons. The highest BCUT2D eigenvalue weighted by atomic mass is 79.9. The summed E-state index contributed by atoms with van der Waals surface area (Å²) in [6.45, 7) is 2.96. The van der Waals surface area contributed by atoms with Crippen LogP contribution in [-0.2, 0) is 20.0 Å². The van der Waals surface area contributed by atoms with Gasteiger partial charge in [0.05, 0.1) is 10.3 Å². The highest BCUT2D eigenvalue weighted by Crippen LogP contribution is 2.31. The van der Waals surface area contributed by atoms with Crippen molar-refractivity contribution < 1.29 is 18.3 Å². The quantitative estimate of drug-likeness (QED) is 0.926. The predicted molar refractivity (Wildman–Crippen MR) is 67.9 cm³/mol. The molecule has 0 atom stereocenters. The van der Waals surface area contributed by atoms with Crippen LogP contribution in [0.1, 0.15) is 19.4 Å². The van der Waals surface area contributed by atoms with Crippen LogP contribution in [0.3, 0.4) is 0 Å². The largest absolute Gasteiger partial charge is 0.481 e. The molecule has 17 heavy (non-hydrogen) atoms. The molecule has 1 aromatic rings. The lowest BCUT2D eigenvalue weighted by molar-refractivity contribution is -0.142. The first-order valence-electron chi connectivity index (χ1n) is 4.80. The zero-order chi connectivity index (χ0) is 13.4. The lowest BCUT2D eigenvalue weighted by Crippen LogP contribution is -2.30. The summed E-state index contributed by atoms with van der Waals surface area (Å²) in [5, 5.41) is 9.15. The molecule has 0 heterocycles. The van der Waals surface area contributed by atoms with Gasteiger partial charge in [-0.25, -0.2) is 8.42 Å². The molecule has 1 rings (SSSR count). The second-order valence-corrected chi connectivity index (χ2v) is 7.24. The third-order valence-corrected chi connectivity index (χ3v) is 4.18. The summed E-state index contributed by atoms with van der Waals surface area (Å²) < 4.78 is 23.9. The summed E-state index contributed by atoms with van der Waals surface area (Å²) in [6, 6.07) is 4.58. The minimum Gasteiger partial charge on any atom is -0.481 e. The molecule has 4 nitrogen and oxygen atoms in total. The van der Waals surface area contributed by atoms with Crippen LogP contribution in [0.15, 0.2) is 27.6 Å². The van der Waals surface area contributed by atoms with Crippen molar-refractivity contribution >= 4 is 31.7 Å². The van der Waals surface area contributed by atoms with Crippen LogP contribution in [-0.4, -0.2) is 25.7 Å². The van der Waals surface area contributed by atoms with Crippen molar-refractivity contribution in [1.29, 1.82) is 0 Å². The Morgan fingerprint density at radius 1 is 1.35 bits per heavy atom. The molecular formula is C11H13BrO4S. The first kappa shape index (κ1) is 14.2. The van der Waals surface area contributed by atoms with E-state index in [1.807, 2.05) is 0 Å². The standard InChI is InChI=1S/C11H13BrO4S/c1-11(2,10(13)14)8-5-4-7(12)6-9(8)17(3,15)16/h4-6H,1-3H3,(H,13,14). The number of carboxylic acids is 1. The Labute approximate surface area is 109 Å². The van der Waals surface area contributed by atoms with Crippen LogP contribution >= 0.6 is 15.9 Å². The number of carboxylic acid groups (broad SMARTS) is 1. The van der Waals surface area contributed by atoms with Gasteiger partial charge in [0.2, 0.25) is 0 Å². The Hall–Kier alpha value is -0.880. The molecule has 0 saturated heterocycles. The molecular weight excluding hydrogens is 308 g/mol. The molecule has 6 heteroatoms. The van der Waals surface area contributed by atoms with Crippen LogP contribution in [0.2, 0.25) is 0 Å². The number of aliphatic carboxylic acids is 1. The fourth-order valence-electron chi connectivity index (χ4n) is 1.43. The molecule has 0 bridgehead atoms. The second-order valence-electron chi connectivity index (χ2n) is 4.34. The monoisotopic (exact) mass is 320 g/mol. The van der Waals surface area contributed by atoms with Gasteiger partial charge in [0.1, 0.15) is 0 Å². The summed E-state index contributed by atoms with van der Waals surface area (Å²) >= 11 is 3.18. The van der Waals surface area contributed by atoms with Crippen molar-refractivity contribution in [1.82, 2.24) is 0 Å². The SMILES string of the molecule is CC(C)(C(=O)O)c1ccc(Br)cc1S(C)(=O)=O. The van der Waals surface area contributed by atoms with Gasteiger partial charge in [0, 0.05) is 10.7 Å². The normalized spacial score (nSPS) is 12.5. The summed E-state index contributed by atoms with van der Waals surface area (Å²) in [4.78, 5) is 11.2. The highest BCUT2D eigenvalue weighted by Gasteiger charge is 2.34. The molecule has 1 aromatic carbocycles. The number of rotatable bonds is 3. The van der Waals surface area contributed by atoms with E-state index in [2.05, 4.69) is 15.9 Å². The van der Waals surface area contributed by atoms with Gasteiger partial charge in [0.25, 0.3) is 0 Å². The Morgan fingerprint density at radius 3 is 2.29 bits per heavy atom. The maximum Gasteiger partial charge on any atom is 0.313 e. The van der Waals surface area contributed by atoms with E-state index in [0.29, 0.717) is 4.47 Å². The molecule has 1 N–H and O–H groups in total. The summed E-state index contributed by atoms with van der Waals surface area (Å²) in [7, 11) is -3.47. The molecule has 0 spiro atoms. The second kappa shape index (κ2) is 4.42. The van der Waals surface area contributed by atoms with E-state index in [1.54, 1.807) is 6.07 Å². The van der Waals surface area contributed by atoms with Gasteiger partial charge in [-0.1, -0.05) is 22.0 Å². The number of carbonyl (C=O) groups is 1. The fourth-order valence-corrected chi connectivity index (χ4v) is 3.01. The van der Waals surface area contributed by atoms with Gasteiger partial charge in [-0.15, -0.1) is 0 Å². The van der Waals surface area contributed by atoms with E-state index < -0.39 is 21.2 Å². The summed E-state index contributed by atoms with van der Waals surface area (Å²) in [5.41, 5.74) is -0.963. The summed E-state index contributed by atoms with van der Waals surface area (Å²) in [5.74, 6) is -1.07. The van der Waals surface area contributed by atoms with E-state index in [9.17, 15) is 13.2 Å². The van der Waals surface area contributed by atoms with Crippen LogP contribution in [0, 0.1) is 0 Å². The van der Waals surface area contributed by atoms with Gasteiger partial charge in [-0.2, -0.15) is 0 Å². The lowest BCUT2D eigenvalue weighted by Gasteiger charge is -2.22. The zero-order valence-corrected chi connectivity index (χ0v) is 12.1. The van der Waals surface area contributed by atoms with Crippen molar-refractivity contribution in [3.8, 4) is 0 Å². The summed E-state index contributed by atoms with van der Waals surface area (Å²) in [6.07, 6.45) is 1.07. The average molecular weight is 321 g/mol. The Kier molecular flexibility index (Phi) is 3.69. The molecule has 0 fully saturated rings. The third-order valence-electron chi connectivity index (χ3n) is 2.55. The minimum atomic E-state index is -3.47. The van der Waals surface area contributed by atoms with E-state index in [1.165, 1.54) is 26.0 Å². The van der Waals surface area contributed by atoms with Crippen molar-refractivity contribution in [2.45, 2.75) is 24.2 Å². The maximum atomic E-state index is 11.7. The highest BCUT2D eigenvalue weighted by molar-refractivity contribution is 9.10. The molecule has 0 aliphatic heterocycles. The van der Waals surface area contributed by atoms with Crippen LogP contribution in [0.4, 0.5) is 0 Å². The van der Waals surface area contributed by atoms with Gasteiger partial charge in [-0.05, 0) is 31.5 Å².